The van der Waals surface area contributed by atoms with Crippen molar-refractivity contribution >= 4 is 15.9 Å². The Balaban J connectivity index is 2.55. The van der Waals surface area contributed by atoms with Crippen LogP contribution in [-0.2, 0) is 6.18 Å². The van der Waals surface area contributed by atoms with Crippen molar-refractivity contribution in [1.29, 1.82) is 0 Å². The number of nitrogens with one attached hydrogen (secondary N) is 1. The van der Waals surface area contributed by atoms with Gasteiger partial charge in [0.2, 0.25) is 0 Å². The first-order valence-corrected chi connectivity index (χ1v) is 7.01. The Kier molecular flexibility index (Phi) is 4.70. The molecule has 112 valence electrons. The van der Waals surface area contributed by atoms with E-state index < -0.39 is 17.8 Å². The summed E-state index contributed by atoms with van der Waals surface area (Å²) >= 11 is 3.07. The van der Waals surface area contributed by atoms with Gasteiger partial charge in [-0.3, -0.25) is 5.84 Å². The Labute approximate surface area is 129 Å². The molecule has 0 bridgehead atoms. The summed E-state index contributed by atoms with van der Waals surface area (Å²) in [4.78, 5) is 0. The average molecular weight is 359 g/mol. The predicted octanol–water partition coefficient (Wildman–Crippen LogP) is 4.33. The lowest BCUT2D eigenvalue weighted by atomic mass is 9.94. The van der Waals surface area contributed by atoms with Crippen LogP contribution in [0, 0.1) is 6.92 Å². The lowest BCUT2D eigenvalue weighted by molar-refractivity contribution is -0.138. The van der Waals surface area contributed by atoms with E-state index in [2.05, 4.69) is 21.4 Å². The minimum atomic E-state index is -4.45. The summed E-state index contributed by atoms with van der Waals surface area (Å²) in [5.74, 6) is 5.50. The fraction of sp³-hybridized carbons (Fsp3) is 0.200. The van der Waals surface area contributed by atoms with Crippen molar-refractivity contribution in [3.8, 4) is 0 Å². The monoisotopic (exact) mass is 358 g/mol. The van der Waals surface area contributed by atoms with Crippen molar-refractivity contribution in [3.63, 3.8) is 0 Å². The first-order chi connectivity index (χ1) is 9.82. The van der Waals surface area contributed by atoms with Crippen molar-refractivity contribution in [3.05, 3.63) is 69.2 Å². The van der Waals surface area contributed by atoms with Crippen LogP contribution in [-0.4, -0.2) is 0 Å². The van der Waals surface area contributed by atoms with Crippen molar-refractivity contribution in [2.75, 3.05) is 0 Å². The van der Waals surface area contributed by atoms with Gasteiger partial charge in [0.05, 0.1) is 11.6 Å². The van der Waals surface area contributed by atoms with Gasteiger partial charge in [0.15, 0.2) is 0 Å². The van der Waals surface area contributed by atoms with Crippen LogP contribution in [0.2, 0.25) is 0 Å². The van der Waals surface area contributed by atoms with E-state index in [1.807, 2.05) is 19.1 Å². The summed E-state index contributed by atoms with van der Waals surface area (Å²) in [7, 11) is 0. The van der Waals surface area contributed by atoms with E-state index in [0.717, 1.165) is 11.6 Å². The zero-order valence-corrected chi connectivity index (χ0v) is 12.8. The molecule has 0 aliphatic rings. The van der Waals surface area contributed by atoms with Crippen molar-refractivity contribution in [2.45, 2.75) is 19.1 Å². The van der Waals surface area contributed by atoms with E-state index in [-0.39, 0.29) is 5.56 Å². The van der Waals surface area contributed by atoms with Crippen LogP contribution in [0.5, 0.6) is 0 Å². The minimum Gasteiger partial charge on any atom is -0.271 e. The lowest BCUT2D eigenvalue weighted by Crippen LogP contribution is -2.30. The molecule has 0 fully saturated rings. The molecular weight excluding hydrogens is 345 g/mol. The van der Waals surface area contributed by atoms with Crippen LogP contribution in [0.1, 0.15) is 28.3 Å². The third-order valence-electron chi connectivity index (χ3n) is 3.21. The van der Waals surface area contributed by atoms with Crippen molar-refractivity contribution < 1.29 is 13.2 Å². The molecule has 0 saturated carbocycles. The van der Waals surface area contributed by atoms with Crippen LogP contribution in [0.25, 0.3) is 0 Å². The molecule has 0 amide bonds. The molecule has 2 rings (SSSR count). The van der Waals surface area contributed by atoms with Gasteiger partial charge >= 0.3 is 6.18 Å². The van der Waals surface area contributed by atoms with E-state index >= 15 is 0 Å². The number of hydrazine groups is 1. The second kappa shape index (κ2) is 6.17. The van der Waals surface area contributed by atoms with E-state index in [1.54, 1.807) is 18.2 Å². The molecule has 6 heteroatoms. The third kappa shape index (κ3) is 3.64. The molecule has 0 radical (unpaired) electrons. The normalized spacial score (nSPS) is 13.2. The molecule has 2 aromatic carbocycles. The highest BCUT2D eigenvalue weighted by Gasteiger charge is 2.35. The minimum absolute atomic E-state index is 0.0945. The molecule has 3 N–H and O–H groups in total. The highest BCUT2D eigenvalue weighted by molar-refractivity contribution is 9.10. The first-order valence-electron chi connectivity index (χ1n) is 6.22. The largest absolute Gasteiger partial charge is 0.416 e. The number of hydrogen-bond donors (Lipinski definition) is 2. The summed E-state index contributed by atoms with van der Waals surface area (Å²) in [6, 6.07) is 10.5. The molecule has 0 aromatic heterocycles. The molecule has 1 atom stereocenters. The van der Waals surface area contributed by atoms with Crippen LogP contribution < -0.4 is 11.3 Å². The van der Waals surface area contributed by atoms with Gasteiger partial charge < -0.3 is 0 Å². The maximum Gasteiger partial charge on any atom is 0.416 e. The quantitative estimate of drug-likeness (QED) is 0.633. The second-order valence-corrected chi connectivity index (χ2v) is 5.66. The van der Waals surface area contributed by atoms with Crippen LogP contribution in [0.15, 0.2) is 46.9 Å². The number of hydrogen-bond acceptors (Lipinski definition) is 2. The summed E-state index contributed by atoms with van der Waals surface area (Å²) in [5, 5.41) is 0. The van der Waals surface area contributed by atoms with Gasteiger partial charge in [0, 0.05) is 4.47 Å². The number of alkyl halides is 3. The van der Waals surface area contributed by atoms with E-state index in [0.29, 0.717) is 10.0 Å². The third-order valence-corrected chi connectivity index (χ3v) is 3.70. The van der Waals surface area contributed by atoms with Crippen molar-refractivity contribution in [2.24, 2.45) is 5.84 Å². The van der Waals surface area contributed by atoms with Gasteiger partial charge in [-0.1, -0.05) is 51.8 Å². The molecule has 2 nitrogen and oxygen atoms in total. The number of halogens is 4. The molecule has 0 heterocycles. The molecule has 1 unspecified atom stereocenters. The Bertz CT molecular complexity index is 624. The van der Waals surface area contributed by atoms with E-state index in [4.69, 9.17) is 5.84 Å². The number of rotatable bonds is 3. The summed E-state index contributed by atoms with van der Waals surface area (Å²) in [6.45, 7) is 1.91. The van der Waals surface area contributed by atoms with Gasteiger partial charge in [-0.25, -0.2) is 5.43 Å². The molecule has 0 saturated heterocycles. The van der Waals surface area contributed by atoms with Crippen LogP contribution in [0.4, 0.5) is 13.2 Å². The highest BCUT2D eigenvalue weighted by atomic mass is 79.9. The fourth-order valence-electron chi connectivity index (χ4n) is 2.15. The Hall–Kier alpha value is -1.37. The maximum absolute atomic E-state index is 13.2. The van der Waals surface area contributed by atoms with E-state index in [9.17, 15) is 13.2 Å². The summed E-state index contributed by atoms with van der Waals surface area (Å²) < 4.78 is 40.0. The number of nitrogens with two attached hydrogens (primary N) is 1. The predicted molar refractivity (Wildman–Crippen MR) is 79.5 cm³/mol. The van der Waals surface area contributed by atoms with Crippen molar-refractivity contribution in [1.82, 2.24) is 5.43 Å². The Morgan fingerprint density at radius 3 is 2.24 bits per heavy atom. The van der Waals surface area contributed by atoms with Gasteiger partial charge in [-0.05, 0) is 30.2 Å². The zero-order valence-electron chi connectivity index (χ0n) is 11.2. The summed E-state index contributed by atoms with van der Waals surface area (Å²) in [5.41, 5.74) is 3.56. The molecule has 2 aromatic rings. The SMILES string of the molecule is Cc1ccc(C(NN)c2ccc(Br)cc2C(F)(F)F)cc1. The highest BCUT2D eigenvalue weighted by Crippen LogP contribution is 2.37. The Morgan fingerprint density at radius 2 is 1.71 bits per heavy atom. The van der Waals surface area contributed by atoms with Crippen LogP contribution >= 0.6 is 15.9 Å². The molecular formula is C15H14BrF3N2. The Morgan fingerprint density at radius 1 is 1.10 bits per heavy atom. The standard InChI is InChI=1S/C15H14BrF3N2/c1-9-2-4-10(5-3-9)14(21-20)12-7-6-11(16)8-13(12)15(17,18)19/h2-8,14,21H,20H2,1H3. The topological polar surface area (TPSA) is 38.0 Å². The van der Waals surface area contributed by atoms with E-state index in [1.165, 1.54) is 6.07 Å². The molecule has 21 heavy (non-hydrogen) atoms. The molecule has 0 spiro atoms. The van der Waals surface area contributed by atoms with Crippen LogP contribution in [0.3, 0.4) is 0 Å². The zero-order chi connectivity index (χ0) is 15.6. The lowest BCUT2D eigenvalue weighted by Gasteiger charge is -2.22. The second-order valence-electron chi connectivity index (χ2n) is 4.74. The first kappa shape index (κ1) is 16.0. The maximum atomic E-state index is 13.2. The smallest absolute Gasteiger partial charge is 0.271 e. The van der Waals surface area contributed by atoms with Gasteiger partial charge in [0.25, 0.3) is 0 Å². The number of benzene rings is 2. The van der Waals surface area contributed by atoms with Gasteiger partial charge in [-0.15, -0.1) is 0 Å². The molecule has 0 aliphatic carbocycles. The van der Waals surface area contributed by atoms with Gasteiger partial charge in [-0.2, -0.15) is 13.2 Å². The average Bonchev–Trinajstić information content (AvgIpc) is 2.42. The fourth-order valence-corrected chi connectivity index (χ4v) is 2.51. The molecule has 0 aliphatic heterocycles. The number of aryl methyl sites for hydroxylation is 1. The van der Waals surface area contributed by atoms with Gasteiger partial charge in [0.1, 0.15) is 0 Å². The summed E-state index contributed by atoms with van der Waals surface area (Å²) in [6.07, 6.45) is -4.45.